The highest BCUT2D eigenvalue weighted by atomic mass is 16.3. The van der Waals surface area contributed by atoms with Gasteiger partial charge in [-0.05, 0) is 37.7 Å². The zero-order valence-corrected chi connectivity index (χ0v) is 16.2. The molecule has 0 saturated heterocycles. The molecule has 0 aliphatic heterocycles. The number of aliphatic hydroxyl groups is 4. The molecule has 1 fully saturated rings. The van der Waals surface area contributed by atoms with Gasteiger partial charge in [0.1, 0.15) is 22.9 Å². The van der Waals surface area contributed by atoms with Crippen LogP contribution >= 0.6 is 0 Å². The summed E-state index contributed by atoms with van der Waals surface area (Å²) in [6.07, 6.45) is 0.609. The van der Waals surface area contributed by atoms with E-state index in [2.05, 4.69) is 0 Å². The van der Waals surface area contributed by atoms with Crippen LogP contribution in [0.4, 0.5) is 0 Å². The van der Waals surface area contributed by atoms with Crippen LogP contribution in [0.2, 0.25) is 0 Å². The molecule has 5 atom stereocenters. The molecule has 30 heavy (non-hydrogen) atoms. The zero-order chi connectivity index (χ0) is 22.3. The van der Waals surface area contributed by atoms with Crippen molar-refractivity contribution in [3.8, 4) is 0 Å². The molecule has 0 aromatic heterocycles. The first kappa shape index (κ1) is 20.3. The molecule has 4 aliphatic carbocycles. The van der Waals surface area contributed by atoms with Crippen molar-refractivity contribution >= 4 is 17.5 Å². The molecule has 4 aliphatic rings. The monoisotopic (exact) mass is 417 g/mol. The quantitative estimate of drug-likeness (QED) is 0.266. The number of allylic oxidation sites excluding steroid dienone is 3. The Labute approximate surface area is 171 Å². The van der Waals surface area contributed by atoms with Gasteiger partial charge >= 0.3 is 0 Å². The van der Waals surface area contributed by atoms with Crippen LogP contribution in [0.15, 0.2) is 45.1 Å². The van der Waals surface area contributed by atoms with E-state index < -0.39 is 64.1 Å². The van der Waals surface area contributed by atoms with Crippen LogP contribution in [0.1, 0.15) is 26.2 Å². The molecule has 0 aromatic carbocycles. The van der Waals surface area contributed by atoms with Crippen molar-refractivity contribution in [1.82, 2.24) is 0 Å². The van der Waals surface area contributed by atoms with Gasteiger partial charge in [0.2, 0.25) is 5.78 Å². The molecular formula is C20H23N3O7. The lowest BCUT2D eigenvalue weighted by Crippen LogP contribution is -2.63. The van der Waals surface area contributed by atoms with Gasteiger partial charge in [0.25, 0.3) is 5.91 Å². The van der Waals surface area contributed by atoms with Crippen molar-refractivity contribution in [2.24, 2.45) is 29.0 Å². The molecule has 4 rings (SSSR count). The predicted octanol–water partition coefficient (Wildman–Crippen LogP) is -0.794. The van der Waals surface area contributed by atoms with E-state index in [4.69, 9.17) is 17.2 Å². The first-order valence-electron chi connectivity index (χ1n) is 9.54. The van der Waals surface area contributed by atoms with Crippen molar-refractivity contribution < 1.29 is 34.8 Å². The molecule has 0 radical (unpaired) electrons. The molecule has 10 N–H and O–H groups in total. The van der Waals surface area contributed by atoms with Crippen molar-refractivity contribution in [2.75, 3.05) is 0 Å². The first-order chi connectivity index (χ1) is 13.9. The molecule has 0 heterocycles. The second-order valence-electron chi connectivity index (χ2n) is 8.41. The largest absolute Gasteiger partial charge is 0.510 e. The summed E-state index contributed by atoms with van der Waals surface area (Å²) in [5, 5.41) is 42.8. The zero-order valence-electron chi connectivity index (χ0n) is 16.2. The minimum Gasteiger partial charge on any atom is -0.510 e. The fourth-order valence-electron chi connectivity index (χ4n) is 5.25. The van der Waals surface area contributed by atoms with E-state index in [0.717, 1.165) is 5.57 Å². The molecule has 1 amide bonds. The fourth-order valence-corrected chi connectivity index (χ4v) is 5.25. The Morgan fingerprint density at radius 3 is 2.33 bits per heavy atom. The average Bonchev–Trinajstić information content (AvgIpc) is 2.66. The standard InChI is InChI=1S/C20H23N3O7/c1-5-2-9(21)14(24)11-7(5)3-6-4-8-13(22)16(26)12(19(23)29)18(28)20(8,30)17(27)10(6)15(11)25/h6,8-9,13,24,26-27,30H,2-4,21-22H2,1H3,(H2,23,29)/t6-,8-,9?,13-,20-/m0/s1. The predicted molar refractivity (Wildman–Crippen MR) is 103 cm³/mol. The Bertz CT molecular complexity index is 1050. The lowest BCUT2D eigenvalue weighted by molar-refractivity contribution is -0.146. The summed E-state index contributed by atoms with van der Waals surface area (Å²) >= 11 is 0. The Morgan fingerprint density at radius 2 is 1.73 bits per heavy atom. The second-order valence-corrected chi connectivity index (χ2v) is 8.41. The Balaban J connectivity index is 1.94. The summed E-state index contributed by atoms with van der Waals surface area (Å²) in [4.78, 5) is 37.8. The van der Waals surface area contributed by atoms with Crippen LogP contribution in [0.5, 0.6) is 0 Å². The van der Waals surface area contributed by atoms with E-state index in [9.17, 15) is 34.8 Å². The lowest BCUT2D eigenvalue weighted by atomic mass is 9.58. The van der Waals surface area contributed by atoms with E-state index in [0.29, 0.717) is 12.0 Å². The van der Waals surface area contributed by atoms with Gasteiger partial charge in [-0.25, -0.2) is 0 Å². The number of amides is 1. The van der Waals surface area contributed by atoms with Gasteiger partial charge in [-0.15, -0.1) is 0 Å². The fraction of sp³-hybridized carbons (Fsp3) is 0.450. The Morgan fingerprint density at radius 1 is 1.10 bits per heavy atom. The summed E-state index contributed by atoms with van der Waals surface area (Å²) in [6.45, 7) is 1.80. The topological polar surface area (TPSA) is 210 Å². The minimum absolute atomic E-state index is 0.0124. The summed E-state index contributed by atoms with van der Waals surface area (Å²) in [7, 11) is 0. The Kier molecular flexibility index (Phi) is 4.25. The van der Waals surface area contributed by atoms with E-state index in [1.165, 1.54) is 0 Å². The van der Waals surface area contributed by atoms with Crippen LogP contribution in [0, 0.1) is 11.8 Å². The third-order valence-corrected chi connectivity index (χ3v) is 6.80. The van der Waals surface area contributed by atoms with Gasteiger partial charge in [-0.3, -0.25) is 14.4 Å². The lowest BCUT2D eigenvalue weighted by Gasteiger charge is -2.48. The number of carbonyl (C=O) groups is 3. The second kappa shape index (κ2) is 6.27. The van der Waals surface area contributed by atoms with Crippen molar-refractivity contribution in [2.45, 2.75) is 43.9 Å². The van der Waals surface area contributed by atoms with Gasteiger partial charge in [-0.1, -0.05) is 5.57 Å². The molecule has 0 bridgehead atoms. The van der Waals surface area contributed by atoms with Crippen molar-refractivity contribution in [3.63, 3.8) is 0 Å². The number of aliphatic hydroxyl groups excluding tert-OH is 3. The summed E-state index contributed by atoms with van der Waals surface area (Å²) in [5.41, 5.74) is 14.6. The maximum absolute atomic E-state index is 13.3. The van der Waals surface area contributed by atoms with Crippen molar-refractivity contribution in [3.05, 3.63) is 45.1 Å². The summed E-state index contributed by atoms with van der Waals surface area (Å²) < 4.78 is 0. The molecule has 0 aromatic rings. The normalized spacial score (nSPS) is 36.7. The number of Topliss-reactive ketones (excluding diaryl/α,β-unsaturated/α-hetero) is 2. The molecule has 1 saturated carbocycles. The number of rotatable bonds is 1. The van der Waals surface area contributed by atoms with Gasteiger partial charge in [0.05, 0.1) is 17.7 Å². The average molecular weight is 417 g/mol. The highest BCUT2D eigenvalue weighted by Crippen LogP contribution is 2.53. The van der Waals surface area contributed by atoms with E-state index in [1.54, 1.807) is 6.92 Å². The number of hydrogen-bond donors (Lipinski definition) is 7. The number of ketones is 2. The maximum Gasteiger partial charge on any atom is 0.255 e. The van der Waals surface area contributed by atoms with Gasteiger partial charge in [0.15, 0.2) is 11.4 Å². The van der Waals surface area contributed by atoms with Crippen LogP contribution in [0.3, 0.4) is 0 Å². The SMILES string of the molecule is CC1=C2C[C@H]3C[C@H]4[C@H](N)C(O)=C(C(N)=O)C(=O)[C@@]4(O)C(O)=C3C(=O)C2=C(O)C(N)C1. The number of hydrogen-bond acceptors (Lipinski definition) is 9. The molecule has 10 nitrogen and oxygen atoms in total. The van der Waals surface area contributed by atoms with E-state index in [-0.39, 0.29) is 29.7 Å². The maximum atomic E-state index is 13.3. The van der Waals surface area contributed by atoms with Gasteiger partial charge in [0, 0.05) is 11.5 Å². The molecule has 160 valence electrons. The molecule has 10 heteroatoms. The number of carbonyl (C=O) groups excluding carboxylic acids is 3. The van der Waals surface area contributed by atoms with Crippen molar-refractivity contribution in [1.29, 1.82) is 0 Å². The first-order valence-corrected chi connectivity index (χ1v) is 9.54. The van der Waals surface area contributed by atoms with E-state index in [1.807, 2.05) is 0 Å². The van der Waals surface area contributed by atoms with Crippen LogP contribution < -0.4 is 17.2 Å². The number of nitrogens with two attached hydrogens (primary N) is 3. The highest BCUT2D eigenvalue weighted by molar-refractivity contribution is 6.24. The van der Waals surface area contributed by atoms with Crippen LogP contribution in [0.25, 0.3) is 0 Å². The number of fused-ring (bicyclic) bond motifs is 3. The van der Waals surface area contributed by atoms with Gasteiger partial charge in [-0.2, -0.15) is 0 Å². The third kappa shape index (κ3) is 2.32. The van der Waals surface area contributed by atoms with Gasteiger partial charge < -0.3 is 37.6 Å². The smallest absolute Gasteiger partial charge is 0.255 e. The summed E-state index contributed by atoms with van der Waals surface area (Å²) in [6, 6.07) is -2.13. The highest BCUT2D eigenvalue weighted by Gasteiger charge is 2.62. The van der Waals surface area contributed by atoms with E-state index >= 15 is 0 Å². The number of primary amides is 1. The molecule has 0 spiro atoms. The van der Waals surface area contributed by atoms with Crippen LogP contribution in [-0.2, 0) is 14.4 Å². The minimum atomic E-state index is -2.69. The summed E-state index contributed by atoms with van der Waals surface area (Å²) in [5.74, 6) is -7.15. The molecule has 1 unspecified atom stereocenters. The Hall–Kier alpha value is -2.95. The third-order valence-electron chi connectivity index (χ3n) is 6.80. The molecular weight excluding hydrogens is 394 g/mol. The van der Waals surface area contributed by atoms with Crippen LogP contribution in [-0.4, -0.2) is 55.6 Å².